The van der Waals surface area contributed by atoms with Crippen molar-refractivity contribution in [3.8, 4) is 5.75 Å². The number of guanidine groups is 1. The topological polar surface area (TPSA) is 52.1 Å². The lowest BCUT2D eigenvalue weighted by molar-refractivity contribution is 0.261. The number of rotatable bonds is 9. The van der Waals surface area contributed by atoms with Crippen LogP contribution in [-0.4, -0.2) is 63.8 Å². The van der Waals surface area contributed by atoms with Gasteiger partial charge in [0.1, 0.15) is 12.4 Å². The first-order valence-corrected chi connectivity index (χ1v) is 10.9. The number of likely N-dealkylation sites (N-methyl/N-ethyl adjacent to an activating group) is 1. The molecule has 162 valence electrons. The number of nitrogens with one attached hydrogen (secondary N) is 2. The van der Waals surface area contributed by atoms with E-state index < -0.39 is 0 Å². The van der Waals surface area contributed by atoms with Crippen LogP contribution < -0.4 is 20.3 Å². The number of hydrogen-bond acceptors (Lipinski definition) is 4. The fourth-order valence-corrected chi connectivity index (χ4v) is 3.51. The lowest BCUT2D eigenvalue weighted by Gasteiger charge is -2.20. The largest absolute Gasteiger partial charge is 0.492 e. The molecule has 1 heterocycles. The minimum absolute atomic E-state index is 0.392. The van der Waals surface area contributed by atoms with Gasteiger partial charge < -0.3 is 25.2 Å². The zero-order valence-corrected chi connectivity index (χ0v) is 18.5. The molecule has 0 saturated carbocycles. The van der Waals surface area contributed by atoms with Gasteiger partial charge in [-0.05, 0) is 57.3 Å². The Morgan fingerprint density at radius 1 is 1.17 bits per heavy atom. The van der Waals surface area contributed by atoms with E-state index in [2.05, 4.69) is 69.8 Å². The summed E-state index contributed by atoms with van der Waals surface area (Å²) in [6.45, 7) is 7.20. The average Bonchev–Trinajstić information content (AvgIpc) is 3.21. The smallest absolute Gasteiger partial charge is 0.191 e. The molecule has 1 aliphatic rings. The van der Waals surface area contributed by atoms with Crippen molar-refractivity contribution < 1.29 is 4.74 Å². The van der Waals surface area contributed by atoms with E-state index in [0.29, 0.717) is 19.2 Å². The second kappa shape index (κ2) is 11.5. The van der Waals surface area contributed by atoms with E-state index >= 15 is 0 Å². The highest BCUT2D eigenvalue weighted by atomic mass is 16.5. The van der Waals surface area contributed by atoms with Crippen molar-refractivity contribution in [3.63, 3.8) is 0 Å². The Balaban J connectivity index is 1.54. The minimum Gasteiger partial charge on any atom is -0.492 e. The lowest BCUT2D eigenvalue weighted by atomic mass is 10.2. The molecule has 6 heteroatoms. The molecule has 2 N–H and O–H groups in total. The molecule has 0 bridgehead atoms. The van der Waals surface area contributed by atoms with E-state index in [1.165, 1.54) is 5.69 Å². The third kappa shape index (κ3) is 6.95. The van der Waals surface area contributed by atoms with Crippen molar-refractivity contribution in [3.05, 3.63) is 60.2 Å². The zero-order valence-electron chi connectivity index (χ0n) is 18.5. The van der Waals surface area contributed by atoms with Gasteiger partial charge in [0.2, 0.25) is 0 Å². The first kappa shape index (κ1) is 22.0. The predicted molar refractivity (Wildman–Crippen MR) is 126 cm³/mol. The van der Waals surface area contributed by atoms with Crippen molar-refractivity contribution in [1.82, 2.24) is 15.5 Å². The summed E-state index contributed by atoms with van der Waals surface area (Å²) in [6.07, 6.45) is 1.11. The van der Waals surface area contributed by atoms with Crippen LogP contribution in [0.2, 0.25) is 0 Å². The second-order valence-electron chi connectivity index (χ2n) is 7.91. The van der Waals surface area contributed by atoms with Crippen LogP contribution in [0.3, 0.4) is 0 Å². The van der Waals surface area contributed by atoms with Gasteiger partial charge >= 0.3 is 0 Å². The normalized spacial score (nSPS) is 16.7. The molecule has 1 aliphatic heterocycles. The van der Waals surface area contributed by atoms with E-state index in [-0.39, 0.29) is 0 Å². The number of ether oxygens (including phenoxy) is 1. The van der Waals surface area contributed by atoms with E-state index in [1.54, 1.807) is 0 Å². The van der Waals surface area contributed by atoms with Gasteiger partial charge in [-0.3, -0.25) is 0 Å². The van der Waals surface area contributed by atoms with Gasteiger partial charge in [-0.1, -0.05) is 30.3 Å². The molecule has 1 unspecified atom stereocenters. The van der Waals surface area contributed by atoms with Crippen molar-refractivity contribution in [2.75, 3.05) is 51.8 Å². The van der Waals surface area contributed by atoms with Crippen molar-refractivity contribution in [2.24, 2.45) is 4.99 Å². The Morgan fingerprint density at radius 3 is 2.77 bits per heavy atom. The third-order valence-electron chi connectivity index (χ3n) is 5.12. The maximum atomic E-state index is 5.85. The highest BCUT2D eigenvalue weighted by Crippen LogP contribution is 2.19. The van der Waals surface area contributed by atoms with Crippen LogP contribution in [0.1, 0.15) is 18.9 Å². The second-order valence-corrected chi connectivity index (χ2v) is 7.91. The highest BCUT2D eigenvalue weighted by molar-refractivity contribution is 5.80. The summed E-state index contributed by atoms with van der Waals surface area (Å²) in [5, 5.41) is 6.99. The molecule has 1 atom stereocenters. The molecule has 0 spiro atoms. The van der Waals surface area contributed by atoms with Crippen molar-refractivity contribution in [1.29, 1.82) is 0 Å². The summed E-state index contributed by atoms with van der Waals surface area (Å²) in [7, 11) is 4.10. The molecule has 3 rings (SSSR count). The van der Waals surface area contributed by atoms with Gasteiger partial charge in [0.05, 0.1) is 6.54 Å². The third-order valence-corrected chi connectivity index (χ3v) is 5.12. The van der Waals surface area contributed by atoms with Gasteiger partial charge in [-0.15, -0.1) is 0 Å². The molecule has 6 nitrogen and oxygen atoms in total. The predicted octanol–water partition coefficient (Wildman–Crippen LogP) is 2.96. The van der Waals surface area contributed by atoms with Crippen LogP contribution in [-0.2, 0) is 6.54 Å². The quantitative estimate of drug-likeness (QED) is 0.493. The minimum atomic E-state index is 0.392. The van der Waals surface area contributed by atoms with Crippen LogP contribution in [0.15, 0.2) is 59.6 Å². The van der Waals surface area contributed by atoms with Gasteiger partial charge in [0, 0.05) is 37.9 Å². The lowest BCUT2D eigenvalue weighted by Crippen LogP contribution is -2.44. The molecule has 0 radical (unpaired) electrons. The number of hydrogen-bond donors (Lipinski definition) is 2. The van der Waals surface area contributed by atoms with E-state index in [0.717, 1.165) is 49.9 Å². The Bertz CT molecular complexity index is 793. The Labute approximate surface area is 180 Å². The first-order valence-electron chi connectivity index (χ1n) is 10.9. The number of aliphatic imine (C=N–C) groups is 1. The molecule has 30 heavy (non-hydrogen) atoms. The maximum Gasteiger partial charge on any atom is 0.191 e. The highest BCUT2D eigenvalue weighted by Gasteiger charge is 2.23. The summed E-state index contributed by atoms with van der Waals surface area (Å²) in [5.41, 5.74) is 2.43. The average molecular weight is 410 g/mol. The zero-order chi connectivity index (χ0) is 21.2. The van der Waals surface area contributed by atoms with Crippen LogP contribution in [0.5, 0.6) is 5.75 Å². The molecule has 2 aromatic rings. The van der Waals surface area contributed by atoms with Crippen molar-refractivity contribution in [2.45, 2.75) is 25.9 Å². The number of anilines is 1. The van der Waals surface area contributed by atoms with Crippen LogP contribution in [0.4, 0.5) is 5.69 Å². The maximum absolute atomic E-state index is 5.85. The van der Waals surface area contributed by atoms with Crippen LogP contribution >= 0.6 is 0 Å². The Kier molecular flexibility index (Phi) is 8.39. The van der Waals surface area contributed by atoms with Crippen LogP contribution in [0, 0.1) is 0 Å². The summed E-state index contributed by atoms with van der Waals surface area (Å²) < 4.78 is 5.85. The summed E-state index contributed by atoms with van der Waals surface area (Å²) in [5.74, 6) is 1.77. The van der Waals surface area contributed by atoms with E-state index in [9.17, 15) is 0 Å². The molecule has 0 amide bonds. The van der Waals surface area contributed by atoms with Crippen LogP contribution in [0.25, 0.3) is 0 Å². The van der Waals surface area contributed by atoms with Gasteiger partial charge in [-0.2, -0.15) is 0 Å². The Hall–Kier alpha value is -2.73. The summed E-state index contributed by atoms with van der Waals surface area (Å²) in [6, 6.07) is 19.2. The van der Waals surface area contributed by atoms with E-state index in [4.69, 9.17) is 9.73 Å². The molecule has 0 aliphatic carbocycles. The number of nitrogens with zero attached hydrogens (tertiary/aromatic N) is 3. The number of para-hydroxylation sites is 1. The van der Waals surface area contributed by atoms with Gasteiger partial charge in [0.25, 0.3) is 0 Å². The fraction of sp³-hybridized carbons (Fsp3) is 0.458. The van der Waals surface area contributed by atoms with Crippen molar-refractivity contribution >= 4 is 11.6 Å². The number of benzene rings is 2. The Morgan fingerprint density at radius 2 is 2.00 bits per heavy atom. The monoisotopic (exact) mass is 409 g/mol. The summed E-state index contributed by atoms with van der Waals surface area (Å²) >= 11 is 0. The molecule has 2 aromatic carbocycles. The SMILES string of the molecule is CCNC(=NCc1cccc(OCCN(C)C)c1)NC1CCN(c2ccccc2)C1. The molecular weight excluding hydrogens is 374 g/mol. The summed E-state index contributed by atoms with van der Waals surface area (Å²) in [4.78, 5) is 9.35. The molecular formula is C24H35N5O. The molecule has 1 fully saturated rings. The molecule has 0 aromatic heterocycles. The molecule has 1 saturated heterocycles. The van der Waals surface area contributed by atoms with E-state index in [1.807, 2.05) is 26.2 Å². The van der Waals surface area contributed by atoms with Gasteiger partial charge in [0.15, 0.2) is 5.96 Å². The standard InChI is InChI=1S/C24H35N5O/c1-4-25-24(27-21-13-14-29(19-21)22-10-6-5-7-11-22)26-18-20-9-8-12-23(17-20)30-16-15-28(2)3/h5-12,17,21H,4,13-16,18-19H2,1-3H3,(H2,25,26,27). The fourth-order valence-electron chi connectivity index (χ4n) is 3.51. The first-order chi connectivity index (χ1) is 14.6. The van der Waals surface area contributed by atoms with Gasteiger partial charge in [-0.25, -0.2) is 4.99 Å².